The first kappa shape index (κ1) is 13.0. The van der Waals surface area contributed by atoms with Gasteiger partial charge in [0.2, 0.25) is 0 Å². The lowest BCUT2D eigenvalue weighted by atomic mass is 10.1. The molecular formula is C8H8Cl2N4O2. The summed E-state index contributed by atoms with van der Waals surface area (Å²) in [6.45, 7) is -0.253. The van der Waals surface area contributed by atoms with Gasteiger partial charge in [-0.3, -0.25) is 0 Å². The normalized spacial score (nSPS) is 14.0. The van der Waals surface area contributed by atoms with Crippen molar-refractivity contribution in [1.29, 1.82) is 0 Å². The van der Waals surface area contributed by atoms with Gasteiger partial charge < -0.3 is 10.2 Å². The number of aliphatic hydroxyl groups is 2. The largest absolute Gasteiger partial charge is 0.390 e. The summed E-state index contributed by atoms with van der Waals surface area (Å²) in [5, 5.41) is 22.5. The first-order valence-electron chi connectivity index (χ1n) is 4.25. The van der Waals surface area contributed by atoms with Crippen LogP contribution in [0.25, 0.3) is 10.4 Å². The molecular weight excluding hydrogens is 255 g/mol. The summed E-state index contributed by atoms with van der Waals surface area (Å²) in [5.74, 6) is 0. The van der Waals surface area contributed by atoms with E-state index in [1.165, 1.54) is 12.1 Å². The van der Waals surface area contributed by atoms with E-state index in [0.29, 0.717) is 0 Å². The second-order valence-electron chi connectivity index (χ2n) is 2.94. The predicted molar refractivity (Wildman–Crippen MR) is 59.2 cm³/mol. The topological polar surface area (TPSA) is 102 Å². The maximum atomic E-state index is 9.69. The quantitative estimate of drug-likeness (QED) is 0.376. The standard InChI is InChI=1S/C8H8Cl2N4O2/c9-6-2-1-4(8(10)13-6)7(16)5(15)3-12-14-11/h1-2,5,7,15-16H,3H2. The Morgan fingerprint density at radius 2 is 2.12 bits per heavy atom. The molecule has 16 heavy (non-hydrogen) atoms. The van der Waals surface area contributed by atoms with Crippen LogP contribution in [0.5, 0.6) is 0 Å². The molecule has 86 valence electrons. The number of hydrogen-bond acceptors (Lipinski definition) is 4. The molecule has 2 N–H and O–H groups in total. The molecule has 1 aromatic rings. The van der Waals surface area contributed by atoms with Crippen LogP contribution in [0.2, 0.25) is 10.3 Å². The summed E-state index contributed by atoms with van der Waals surface area (Å²) in [7, 11) is 0. The second-order valence-corrected chi connectivity index (χ2v) is 3.68. The summed E-state index contributed by atoms with van der Waals surface area (Å²) < 4.78 is 0. The van der Waals surface area contributed by atoms with Gasteiger partial charge in [0, 0.05) is 10.5 Å². The molecule has 0 aliphatic rings. The summed E-state index contributed by atoms with van der Waals surface area (Å²) in [6.07, 6.45) is -2.51. The monoisotopic (exact) mass is 262 g/mol. The Hall–Kier alpha value is -1.04. The van der Waals surface area contributed by atoms with Gasteiger partial charge in [-0.05, 0) is 11.6 Å². The summed E-state index contributed by atoms with van der Waals surface area (Å²) in [6, 6.07) is 2.88. The molecule has 2 unspecified atom stereocenters. The molecule has 0 aromatic carbocycles. The molecule has 0 spiro atoms. The van der Waals surface area contributed by atoms with Crippen LogP contribution in [-0.4, -0.2) is 27.8 Å². The van der Waals surface area contributed by atoms with E-state index in [-0.39, 0.29) is 22.4 Å². The fraction of sp³-hybridized carbons (Fsp3) is 0.375. The first-order valence-corrected chi connectivity index (χ1v) is 5.00. The van der Waals surface area contributed by atoms with Crippen molar-refractivity contribution in [2.45, 2.75) is 12.2 Å². The van der Waals surface area contributed by atoms with E-state index in [0.717, 1.165) is 0 Å². The highest BCUT2D eigenvalue weighted by Gasteiger charge is 2.20. The zero-order chi connectivity index (χ0) is 12.1. The Labute approximate surface area is 101 Å². The molecule has 1 aromatic heterocycles. The molecule has 0 saturated carbocycles. The third kappa shape index (κ3) is 3.23. The van der Waals surface area contributed by atoms with Gasteiger partial charge in [0.05, 0.1) is 12.6 Å². The van der Waals surface area contributed by atoms with Crippen molar-refractivity contribution >= 4 is 23.2 Å². The van der Waals surface area contributed by atoms with Gasteiger partial charge in [-0.25, -0.2) is 4.98 Å². The fourth-order valence-electron chi connectivity index (χ4n) is 1.07. The molecule has 8 heteroatoms. The van der Waals surface area contributed by atoms with Crippen LogP contribution in [0.4, 0.5) is 0 Å². The Morgan fingerprint density at radius 3 is 2.69 bits per heavy atom. The average molecular weight is 263 g/mol. The smallest absolute Gasteiger partial charge is 0.136 e. The molecule has 6 nitrogen and oxygen atoms in total. The minimum absolute atomic E-state index is 0.0000118. The predicted octanol–water partition coefficient (Wildman–Crippen LogP) is 2.09. The molecule has 1 heterocycles. The van der Waals surface area contributed by atoms with Crippen LogP contribution in [0.1, 0.15) is 11.7 Å². The van der Waals surface area contributed by atoms with Crippen molar-refractivity contribution in [3.05, 3.63) is 38.4 Å². The molecule has 0 bridgehead atoms. The summed E-state index contributed by atoms with van der Waals surface area (Å²) in [4.78, 5) is 6.19. The van der Waals surface area contributed by atoms with E-state index in [2.05, 4.69) is 15.0 Å². The lowest BCUT2D eigenvalue weighted by Crippen LogP contribution is -2.21. The van der Waals surface area contributed by atoms with Gasteiger partial charge in [-0.1, -0.05) is 34.4 Å². The first-order chi connectivity index (χ1) is 7.56. The fourth-order valence-corrected chi connectivity index (χ4v) is 1.53. The lowest BCUT2D eigenvalue weighted by molar-refractivity contribution is 0.0243. The van der Waals surface area contributed by atoms with E-state index >= 15 is 0 Å². The molecule has 0 aliphatic heterocycles. The summed E-state index contributed by atoms with van der Waals surface area (Å²) in [5.41, 5.74) is 8.30. The van der Waals surface area contributed by atoms with Crippen molar-refractivity contribution in [2.75, 3.05) is 6.54 Å². The number of aromatic nitrogens is 1. The number of nitrogens with zero attached hydrogens (tertiary/aromatic N) is 4. The van der Waals surface area contributed by atoms with Crippen LogP contribution < -0.4 is 0 Å². The highest BCUT2D eigenvalue weighted by molar-refractivity contribution is 6.32. The van der Waals surface area contributed by atoms with Crippen molar-refractivity contribution in [2.24, 2.45) is 5.11 Å². The Morgan fingerprint density at radius 1 is 1.44 bits per heavy atom. The maximum Gasteiger partial charge on any atom is 0.136 e. The third-order valence-corrected chi connectivity index (χ3v) is 2.37. The Bertz CT molecular complexity index is 422. The number of azide groups is 1. The van der Waals surface area contributed by atoms with Crippen molar-refractivity contribution in [1.82, 2.24) is 4.98 Å². The Balaban J connectivity index is 2.86. The number of aliphatic hydroxyl groups excluding tert-OH is 2. The molecule has 1 rings (SSSR count). The van der Waals surface area contributed by atoms with E-state index in [1.807, 2.05) is 0 Å². The van der Waals surface area contributed by atoms with E-state index in [1.54, 1.807) is 0 Å². The average Bonchev–Trinajstić information content (AvgIpc) is 2.25. The number of halogens is 2. The van der Waals surface area contributed by atoms with Crippen molar-refractivity contribution < 1.29 is 10.2 Å². The highest BCUT2D eigenvalue weighted by Crippen LogP contribution is 2.25. The van der Waals surface area contributed by atoms with E-state index < -0.39 is 12.2 Å². The van der Waals surface area contributed by atoms with Crippen LogP contribution in [0.15, 0.2) is 17.2 Å². The molecule has 0 amide bonds. The van der Waals surface area contributed by atoms with E-state index in [4.69, 9.17) is 28.7 Å². The zero-order valence-corrected chi connectivity index (χ0v) is 9.47. The molecule has 0 fully saturated rings. The van der Waals surface area contributed by atoms with Crippen molar-refractivity contribution in [3.8, 4) is 0 Å². The minimum Gasteiger partial charge on any atom is -0.390 e. The van der Waals surface area contributed by atoms with E-state index in [9.17, 15) is 10.2 Å². The van der Waals surface area contributed by atoms with Gasteiger partial charge in [-0.2, -0.15) is 0 Å². The number of hydrogen-bond donors (Lipinski definition) is 2. The molecule has 0 radical (unpaired) electrons. The number of rotatable bonds is 4. The third-order valence-electron chi connectivity index (χ3n) is 1.86. The molecule has 0 aliphatic carbocycles. The minimum atomic E-state index is -1.28. The second kappa shape index (κ2) is 5.89. The van der Waals surface area contributed by atoms with Crippen molar-refractivity contribution in [3.63, 3.8) is 0 Å². The zero-order valence-electron chi connectivity index (χ0n) is 7.96. The van der Waals surface area contributed by atoms with Gasteiger partial charge in [0.25, 0.3) is 0 Å². The maximum absolute atomic E-state index is 9.69. The van der Waals surface area contributed by atoms with Crippen LogP contribution in [-0.2, 0) is 0 Å². The van der Waals surface area contributed by atoms with Gasteiger partial charge in [-0.15, -0.1) is 0 Å². The van der Waals surface area contributed by atoms with Crippen LogP contribution >= 0.6 is 23.2 Å². The highest BCUT2D eigenvalue weighted by atomic mass is 35.5. The van der Waals surface area contributed by atoms with Gasteiger partial charge in [0.1, 0.15) is 16.4 Å². The lowest BCUT2D eigenvalue weighted by Gasteiger charge is -2.16. The Kier molecular flexibility index (Phi) is 4.79. The molecule has 2 atom stereocenters. The number of pyridine rings is 1. The van der Waals surface area contributed by atoms with Gasteiger partial charge >= 0.3 is 0 Å². The SMILES string of the molecule is [N-]=[N+]=NCC(O)C(O)c1ccc(Cl)nc1Cl. The molecule has 0 saturated heterocycles. The summed E-state index contributed by atoms with van der Waals surface area (Å²) >= 11 is 11.3. The van der Waals surface area contributed by atoms with Gasteiger partial charge in [0.15, 0.2) is 0 Å². The van der Waals surface area contributed by atoms with Crippen LogP contribution in [0, 0.1) is 0 Å². The van der Waals surface area contributed by atoms with Crippen LogP contribution in [0.3, 0.4) is 0 Å².